The molecule has 0 saturated carbocycles. The van der Waals surface area contributed by atoms with Gasteiger partial charge in [0, 0.05) is 5.88 Å². The number of rotatable bonds is 7. The molecule has 0 saturated heterocycles. The topological polar surface area (TPSA) is 0 Å². The van der Waals surface area contributed by atoms with E-state index in [4.69, 9.17) is 11.6 Å². The maximum Gasteiger partial charge on any atom is 0.0406 e. The Balaban J connectivity index is 1.97. The van der Waals surface area contributed by atoms with Gasteiger partial charge in [-0.3, -0.25) is 0 Å². The van der Waals surface area contributed by atoms with Crippen LogP contribution in [0.4, 0.5) is 0 Å². The van der Waals surface area contributed by atoms with E-state index in [0.717, 1.165) is 19.3 Å². The number of aryl methyl sites for hydroxylation is 1. The molecule has 0 N–H and O–H groups in total. The molecule has 0 aliphatic carbocycles. The Labute approximate surface area is 145 Å². The van der Waals surface area contributed by atoms with Crippen molar-refractivity contribution in [1.82, 2.24) is 0 Å². The largest absolute Gasteiger partial charge is 0.122 e. The zero-order chi connectivity index (χ0) is 16.5. The van der Waals surface area contributed by atoms with Gasteiger partial charge in [-0.2, -0.15) is 0 Å². The van der Waals surface area contributed by atoms with Crippen molar-refractivity contribution >= 4 is 11.6 Å². The van der Waals surface area contributed by atoms with Gasteiger partial charge in [0.15, 0.2) is 0 Å². The fraction of sp³-hybridized carbons (Fsp3) is 0.273. The molecule has 120 valence electrons. The molecule has 0 atom stereocenters. The Bertz CT molecular complexity index is 644. The van der Waals surface area contributed by atoms with Crippen LogP contribution in [-0.2, 0) is 6.42 Å². The van der Waals surface area contributed by atoms with Crippen LogP contribution >= 0.6 is 11.6 Å². The molecule has 0 spiro atoms. The summed E-state index contributed by atoms with van der Waals surface area (Å²) in [6.45, 7) is 4.28. The van der Waals surface area contributed by atoms with Crippen molar-refractivity contribution in [1.29, 1.82) is 0 Å². The SMILES string of the molecule is CC(C)=CC/C(=C\CCl)CCc1ccc(-c2ccccc2)cc1. The Morgan fingerprint density at radius 2 is 1.52 bits per heavy atom. The Kier molecular flexibility index (Phi) is 7.16. The zero-order valence-electron chi connectivity index (χ0n) is 14.1. The van der Waals surface area contributed by atoms with Gasteiger partial charge < -0.3 is 0 Å². The first-order valence-electron chi connectivity index (χ1n) is 8.20. The lowest BCUT2D eigenvalue weighted by molar-refractivity contribution is 0.905. The fourth-order valence-corrected chi connectivity index (χ4v) is 2.75. The van der Waals surface area contributed by atoms with E-state index >= 15 is 0 Å². The summed E-state index contributed by atoms with van der Waals surface area (Å²) in [5.74, 6) is 0.596. The molecule has 0 bridgehead atoms. The van der Waals surface area contributed by atoms with Crippen LogP contribution in [-0.4, -0.2) is 5.88 Å². The Hall–Kier alpha value is -1.79. The summed E-state index contributed by atoms with van der Waals surface area (Å²) in [5, 5.41) is 0. The minimum Gasteiger partial charge on any atom is -0.122 e. The summed E-state index contributed by atoms with van der Waals surface area (Å²) in [7, 11) is 0. The summed E-state index contributed by atoms with van der Waals surface area (Å²) in [6.07, 6.45) is 7.57. The lowest BCUT2D eigenvalue weighted by atomic mass is 9.99. The molecule has 2 aromatic rings. The van der Waals surface area contributed by atoms with Crippen LogP contribution in [0, 0.1) is 0 Å². The van der Waals surface area contributed by atoms with Gasteiger partial charge in [-0.25, -0.2) is 0 Å². The van der Waals surface area contributed by atoms with Gasteiger partial charge in [0.2, 0.25) is 0 Å². The van der Waals surface area contributed by atoms with Gasteiger partial charge in [-0.05, 0) is 49.8 Å². The maximum absolute atomic E-state index is 5.88. The van der Waals surface area contributed by atoms with Crippen LogP contribution in [0.25, 0.3) is 11.1 Å². The van der Waals surface area contributed by atoms with Crippen molar-refractivity contribution < 1.29 is 0 Å². The molecule has 0 fully saturated rings. The second kappa shape index (κ2) is 9.37. The van der Waals surface area contributed by atoms with Gasteiger partial charge in [0.1, 0.15) is 0 Å². The van der Waals surface area contributed by atoms with Crippen molar-refractivity contribution in [2.75, 3.05) is 5.88 Å². The number of hydrogen-bond acceptors (Lipinski definition) is 0. The van der Waals surface area contributed by atoms with Crippen LogP contribution in [0.15, 0.2) is 77.9 Å². The molecule has 0 aromatic heterocycles. The highest BCUT2D eigenvalue weighted by Gasteiger charge is 2.00. The third kappa shape index (κ3) is 6.08. The first-order valence-corrected chi connectivity index (χ1v) is 8.74. The van der Waals surface area contributed by atoms with Crippen LogP contribution in [0.5, 0.6) is 0 Å². The number of hydrogen-bond donors (Lipinski definition) is 0. The van der Waals surface area contributed by atoms with E-state index < -0.39 is 0 Å². The van der Waals surface area contributed by atoms with Crippen LogP contribution in [0.2, 0.25) is 0 Å². The Morgan fingerprint density at radius 3 is 2.13 bits per heavy atom. The van der Waals surface area contributed by atoms with Gasteiger partial charge in [-0.15, -0.1) is 11.6 Å². The fourth-order valence-electron chi connectivity index (χ4n) is 2.53. The molecule has 0 nitrogen and oxygen atoms in total. The number of alkyl halides is 1. The number of halogens is 1. The van der Waals surface area contributed by atoms with E-state index in [1.165, 1.54) is 27.8 Å². The minimum atomic E-state index is 0.596. The molecule has 0 radical (unpaired) electrons. The summed E-state index contributed by atoms with van der Waals surface area (Å²) in [6, 6.07) is 19.4. The molecule has 0 unspecified atom stereocenters. The molecular formula is C22H25Cl. The average Bonchev–Trinajstić information content (AvgIpc) is 2.58. The van der Waals surface area contributed by atoms with Crippen molar-refractivity contribution in [2.24, 2.45) is 0 Å². The standard InChI is InChI=1S/C22H25Cl/c1-18(2)8-9-20(16-17-23)11-10-19-12-14-22(15-13-19)21-6-4-3-5-7-21/h3-8,12-16H,9-11,17H2,1-2H3/b20-16+. The van der Waals surface area contributed by atoms with Crippen molar-refractivity contribution in [2.45, 2.75) is 33.1 Å². The lowest BCUT2D eigenvalue weighted by Crippen LogP contribution is -1.90. The number of benzene rings is 2. The molecule has 2 aromatic carbocycles. The lowest BCUT2D eigenvalue weighted by Gasteiger charge is -2.07. The van der Waals surface area contributed by atoms with Crippen molar-refractivity contribution in [3.63, 3.8) is 0 Å². The highest BCUT2D eigenvalue weighted by molar-refractivity contribution is 6.18. The highest BCUT2D eigenvalue weighted by atomic mass is 35.5. The summed E-state index contributed by atoms with van der Waals surface area (Å²) < 4.78 is 0. The van der Waals surface area contributed by atoms with E-state index in [-0.39, 0.29) is 0 Å². The maximum atomic E-state index is 5.88. The first kappa shape index (κ1) is 17.6. The van der Waals surface area contributed by atoms with E-state index in [9.17, 15) is 0 Å². The van der Waals surface area contributed by atoms with E-state index in [1.807, 2.05) is 0 Å². The molecule has 0 amide bonds. The van der Waals surface area contributed by atoms with Crippen LogP contribution in [0.3, 0.4) is 0 Å². The molecule has 1 heteroatoms. The quantitative estimate of drug-likeness (QED) is 0.387. The summed E-state index contributed by atoms with van der Waals surface area (Å²) >= 11 is 5.88. The van der Waals surface area contributed by atoms with E-state index in [1.54, 1.807) is 0 Å². The van der Waals surface area contributed by atoms with Gasteiger partial charge >= 0.3 is 0 Å². The van der Waals surface area contributed by atoms with E-state index in [2.05, 4.69) is 80.6 Å². The number of allylic oxidation sites excluding steroid dienone is 4. The molecule has 0 aliphatic heterocycles. The average molecular weight is 325 g/mol. The minimum absolute atomic E-state index is 0.596. The van der Waals surface area contributed by atoms with Crippen molar-refractivity contribution in [3.8, 4) is 11.1 Å². The first-order chi connectivity index (χ1) is 11.2. The predicted octanol–water partition coefficient (Wildman–Crippen LogP) is 6.81. The predicted molar refractivity (Wildman–Crippen MR) is 103 cm³/mol. The third-order valence-electron chi connectivity index (χ3n) is 3.93. The zero-order valence-corrected chi connectivity index (χ0v) is 14.8. The molecule has 0 aliphatic rings. The molecule has 0 heterocycles. The monoisotopic (exact) mass is 324 g/mol. The second-order valence-corrected chi connectivity index (χ2v) is 6.37. The second-order valence-electron chi connectivity index (χ2n) is 6.07. The van der Waals surface area contributed by atoms with Crippen LogP contribution < -0.4 is 0 Å². The van der Waals surface area contributed by atoms with Gasteiger partial charge in [-0.1, -0.05) is 77.9 Å². The highest BCUT2D eigenvalue weighted by Crippen LogP contribution is 2.21. The molecule has 2 rings (SSSR count). The third-order valence-corrected chi connectivity index (χ3v) is 4.09. The van der Waals surface area contributed by atoms with Crippen LogP contribution in [0.1, 0.15) is 32.3 Å². The molecule has 23 heavy (non-hydrogen) atoms. The normalized spacial score (nSPS) is 11.3. The Morgan fingerprint density at radius 1 is 0.870 bits per heavy atom. The summed E-state index contributed by atoms with van der Waals surface area (Å²) in [5.41, 5.74) is 6.70. The molecular weight excluding hydrogens is 300 g/mol. The van der Waals surface area contributed by atoms with Gasteiger partial charge in [0.25, 0.3) is 0 Å². The smallest absolute Gasteiger partial charge is 0.0406 e. The van der Waals surface area contributed by atoms with E-state index in [0.29, 0.717) is 5.88 Å². The van der Waals surface area contributed by atoms with Crippen molar-refractivity contribution in [3.05, 3.63) is 83.5 Å². The summed E-state index contributed by atoms with van der Waals surface area (Å²) in [4.78, 5) is 0. The van der Waals surface area contributed by atoms with Gasteiger partial charge in [0.05, 0.1) is 0 Å².